The van der Waals surface area contributed by atoms with Gasteiger partial charge in [0.1, 0.15) is 0 Å². The predicted molar refractivity (Wildman–Crippen MR) is 80.4 cm³/mol. The van der Waals surface area contributed by atoms with E-state index in [1.54, 1.807) is 0 Å². The van der Waals surface area contributed by atoms with Crippen LogP contribution in [0.5, 0.6) is 0 Å². The average Bonchev–Trinajstić information content (AvgIpc) is 3.22. The molecule has 0 saturated heterocycles. The number of fused-ring (bicyclic) bond motifs is 1. The average molecular weight is 275 g/mol. The summed E-state index contributed by atoms with van der Waals surface area (Å²) >= 11 is 6.21. The van der Waals surface area contributed by atoms with E-state index in [1.165, 1.54) is 24.8 Å². The molecule has 0 aliphatic heterocycles. The monoisotopic (exact) mass is 274 g/mol. The van der Waals surface area contributed by atoms with Gasteiger partial charge in [0.05, 0.1) is 5.52 Å². The van der Waals surface area contributed by atoms with Crippen molar-refractivity contribution in [1.82, 2.24) is 10.3 Å². The van der Waals surface area contributed by atoms with Crippen LogP contribution >= 0.6 is 11.6 Å². The number of benzene rings is 1. The fourth-order valence-electron chi connectivity index (χ4n) is 2.63. The van der Waals surface area contributed by atoms with Crippen molar-refractivity contribution in [1.29, 1.82) is 0 Å². The van der Waals surface area contributed by atoms with Crippen molar-refractivity contribution < 1.29 is 0 Å². The predicted octanol–water partition coefficient (Wildman–Crippen LogP) is 4.17. The number of hydrogen-bond donors (Lipinski definition) is 1. The van der Waals surface area contributed by atoms with E-state index in [-0.39, 0.29) is 0 Å². The lowest BCUT2D eigenvalue weighted by Crippen LogP contribution is -2.23. The largest absolute Gasteiger partial charge is 0.312 e. The van der Waals surface area contributed by atoms with Gasteiger partial charge in [-0.1, -0.05) is 24.6 Å². The van der Waals surface area contributed by atoms with Crippen molar-refractivity contribution in [3.8, 4) is 0 Å². The number of halogens is 1. The Balaban J connectivity index is 1.76. The lowest BCUT2D eigenvalue weighted by atomic mass is 10.0. The Morgan fingerprint density at radius 2 is 2.16 bits per heavy atom. The smallest absolute Gasteiger partial charge is 0.0761 e. The summed E-state index contributed by atoms with van der Waals surface area (Å²) in [5.41, 5.74) is 2.83. The van der Waals surface area contributed by atoms with Crippen molar-refractivity contribution in [3.63, 3.8) is 0 Å². The van der Waals surface area contributed by atoms with Gasteiger partial charge in [0.25, 0.3) is 0 Å². The first-order valence-corrected chi connectivity index (χ1v) is 7.35. The van der Waals surface area contributed by atoms with Gasteiger partial charge in [-0.15, -0.1) is 0 Å². The fraction of sp³-hybridized carbons (Fsp3) is 0.438. The van der Waals surface area contributed by atoms with E-state index in [1.807, 2.05) is 24.4 Å². The van der Waals surface area contributed by atoms with Crippen LogP contribution < -0.4 is 5.32 Å². The molecule has 1 aliphatic rings. The summed E-state index contributed by atoms with van der Waals surface area (Å²) in [6.07, 6.45) is 5.85. The molecule has 0 bridgehead atoms. The van der Waals surface area contributed by atoms with Gasteiger partial charge in [0, 0.05) is 29.7 Å². The fourth-order valence-corrected chi connectivity index (χ4v) is 2.85. The molecule has 1 aromatic carbocycles. The van der Waals surface area contributed by atoms with E-state index in [9.17, 15) is 0 Å². The number of hydrogen-bond acceptors (Lipinski definition) is 2. The summed E-state index contributed by atoms with van der Waals surface area (Å²) in [5, 5.41) is 5.40. The summed E-state index contributed by atoms with van der Waals surface area (Å²) in [6.45, 7) is 4.26. The van der Waals surface area contributed by atoms with E-state index in [0.717, 1.165) is 29.0 Å². The maximum Gasteiger partial charge on any atom is 0.0761 e. The minimum Gasteiger partial charge on any atom is -0.312 e. The molecule has 0 amide bonds. The van der Waals surface area contributed by atoms with Crippen LogP contribution in [0, 0.1) is 5.41 Å². The standard InChI is InChI=1S/C16H19ClN2/c1-2-16(7-8-16)11-18-10-12-5-6-14(17)13-4-3-9-19-15(12)13/h3-6,9,18H,2,7-8,10-11H2,1H3. The zero-order chi connectivity index (χ0) is 13.3. The first kappa shape index (κ1) is 12.9. The molecule has 100 valence electrons. The minimum atomic E-state index is 0.579. The van der Waals surface area contributed by atoms with Crippen LogP contribution in [0.15, 0.2) is 30.5 Å². The maximum absolute atomic E-state index is 6.21. The highest BCUT2D eigenvalue weighted by Crippen LogP contribution is 2.47. The second-order valence-electron chi connectivity index (χ2n) is 5.56. The van der Waals surface area contributed by atoms with Gasteiger partial charge in [-0.05, 0) is 48.4 Å². The normalized spacial score (nSPS) is 16.7. The minimum absolute atomic E-state index is 0.579. The van der Waals surface area contributed by atoms with E-state index >= 15 is 0 Å². The molecule has 3 heteroatoms. The van der Waals surface area contributed by atoms with E-state index < -0.39 is 0 Å². The quantitative estimate of drug-likeness (QED) is 0.885. The molecule has 0 atom stereocenters. The first-order chi connectivity index (χ1) is 9.24. The molecular formula is C16H19ClN2. The number of aromatic nitrogens is 1. The van der Waals surface area contributed by atoms with Crippen LogP contribution in [0.4, 0.5) is 0 Å². The van der Waals surface area contributed by atoms with Crippen molar-refractivity contribution in [2.45, 2.75) is 32.7 Å². The van der Waals surface area contributed by atoms with Gasteiger partial charge < -0.3 is 5.32 Å². The highest BCUT2D eigenvalue weighted by Gasteiger charge is 2.39. The van der Waals surface area contributed by atoms with E-state index in [2.05, 4.69) is 23.3 Å². The summed E-state index contributed by atoms with van der Waals surface area (Å²) in [6, 6.07) is 8.01. The zero-order valence-electron chi connectivity index (χ0n) is 11.2. The second kappa shape index (κ2) is 5.10. The number of nitrogens with one attached hydrogen (secondary N) is 1. The maximum atomic E-state index is 6.21. The molecule has 0 spiro atoms. The topological polar surface area (TPSA) is 24.9 Å². The molecule has 1 aromatic heterocycles. The summed E-state index contributed by atoms with van der Waals surface area (Å²) in [5.74, 6) is 0. The molecule has 0 unspecified atom stereocenters. The summed E-state index contributed by atoms with van der Waals surface area (Å²) < 4.78 is 0. The van der Waals surface area contributed by atoms with Gasteiger partial charge in [-0.2, -0.15) is 0 Å². The summed E-state index contributed by atoms with van der Waals surface area (Å²) in [4.78, 5) is 4.47. The molecule has 0 radical (unpaired) electrons. The Bertz CT molecular complexity index is 590. The van der Waals surface area contributed by atoms with Gasteiger partial charge >= 0.3 is 0 Å². The van der Waals surface area contributed by atoms with Crippen molar-refractivity contribution in [3.05, 3.63) is 41.0 Å². The van der Waals surface area contributed by atoms with Gasteiger partial charge in [0.2, 0.25) is 0 Å². The molecule has 2 nitrogen and oxygen atoms in total. The third-order valence-electron chi connectivity index (χ3n) is 4.32. The Morgan fingerprint density at radius 3 is 2.89 bits per heavy atom. The first-order valence-electron chi connectivity index (χ1n) is 6.97. The molecule has 1 heterocycles. The number of rotatable bonds is 5. The van der Waals surface area contributed by atoms with Crippen LogP contribution in [0.2, 0.25) is 5.02 Å². The molecule has 1 saturated carbocycles. The highest BCUT2D eigenvalue weighted by molar-refractivity contribution is 6.35. The molecule has 1 fully saturated rings. The van der Waals surface area contributed by atoms with Crippen molar-refractivity contribution >= 4 is 22.5 Å². The van der Waals surface area contributed by atoms with Gasteiger partial charge in [0.15, 0.2) is 0 Å². The lowest BCUT2D eigenvalue weighted by Gasteiger charge is -2.14. The third kappa shape index (κ3) is 2.60. The van der Waals surface area contributed by atoms with E-state index in [4.69, 9.17) is 11.6 Å². The molecular weight excluding hydrogens is 256 g/mol. The third-order valence-corrected chi connectivity index (χ3v) is 4.65. The van der Waals surface area contributed by atoms with E-state index in [0.29, 0.717) is 5.41 Å². The van der Waals surface area contributed by atoms with Crippen LogP contribution in [0.3, 0.4) is 0 Å². The molecule has 19 heavy (non-hydrogen) atoms. The van der Waals surface area contributed by atoms with Crippen LogP contribution in [-0.2, 0) is 6.54 Å². The molecule has 2 aromatic rings. The Morgan fingerprint density at radius 1 is 1.32 bits per heavy atom. The van der Waals surface area contributed by atoms with Crippen LogP contribution in [0.1, 0.15) is 31.7 Å². The van der Waals surface area contributed by atoms with Gasteiger partial charge in [-0.25, -0.2) is 0 Å². The molecule has 3 rings (SSSR count). The van der Waals surface area contributed by atoms with Crippen molar-refractivity contribution in [2.75, 3.05) is 6.54 Å². The Labute approximate surface area is 119 Å². The zero-order valence-corrected chi connectivity index (χ0v) is 12.0. The SMILES string of the molecule is CCC1(CNCc2ccc(Cl)c3cccnc23)CC1. The summed E-state index contributed by atoms with van der Waals surface area (Å²) in [7, 11) is 0. The Hall–Kier alpha value is -1.12. The Kier molecular flexibility index (Phi) is 3.46. The molecule has 1 N–H and O–H groups in total. The van der Waals surface area contributed by atoms with Crippen LogP contribution in [0.25, 0.3) is 10.9 Å². The second-order valence-corrected chi connectivity index (χ2v) is 5.97. The van der Waals surface area contributed by atoms with Crippen LogP contribution in [-0.4, -0.2) is 11.5 Å². The number of pyridine rings is 1. The van der Waals surface area contributed by atoms with Crippen molar-refractivity contribution in [2.24, 2.45) is 5.41 Å². The highest BCUT2D eigenvalue weighted by atomic mass is 35.5. The molecule has 1 aliphatic carbocycles. The number of nitrogens with zero attached hydrogens (tertiary/aromatic N) is 1. The lowest BCUT2D eigenvalue weighted by molar-refractivity contribution is 0.444. The van der Waals surface area contributed by atoms with Gasteiger partial charge in [-0.3, -0.25) is 4.98 Å².